The Kier molecular flexibility index (Phi) is 4.97. The number of benzene rings is 1. The number of amides is 1. The van der Waals surface area contributed by atoms with E-state index in [1.165, 1.54) is 24.2 Å². The number of hydrogen-bond donors (Lipinski definition) is 1. The molecule has 1 aliphatic rings. The number of halogens is 1. The Morgan fingerprint density at radius 2 is 2.07 bits per heavy atom. The molecule has 0 saturated heterocycles. The molecule has 27 heavy (non-hydrogen) atoms. The smallest absolute Gasteiger partial charge is 0.263 e. The molecule has 0 bridgehead atoms. The first kappa shape index (κ1) is 18.1. The minimum atomic E-state index is -0.0389. The number of carbonyl (C=O) groups excluding carboxylic acids is 1. The molecule has 1 fully saturated rings. The molecule has 140 valence electrons. The van der Waals surface area contributed by atoms with Gasteiger partial charge in [-0.25, -0.2) is 9.67 Å². The minimum absolute atomic E-state index is 0.0389. The number of thiazole rings is 1. The van der Waals surface area contributed by atoms with Crippen LogP contribution in [0.5, 0.6) is 0 Å². The van der Waals surface area contributed by atoms with E-state index in [2.05, 4.69) is 20.6 Å². The van der Waals surface area contributed by atoms with Crippen molar-refractivity contribution in [1.82, 2.24) is 25.3 Å². The molecule has 0 spiro atoms. The van der Waals surface area contributed by atoms with Gasteiger partial charge in [0, 0.05) is 11.1 Å². The van der Waals surface area contributed by atoms with E-state index in [4.69, 9.17) is 11.6 Å². The first-order valence-electron chi connectivity index (χ1n) is 9.00. The first-order chi connectivity index (χ1) is 13.0. The van der Waals surface area contributed by atoms with Crippen LogP contribution in [0.25, 0.3) is 16.4 Å². The van der Waals surface area contributed by atoms with Gasteiger partial charge in [0.1, 0.15) is 15.6 Å². The zero-order valence-electron chi connectivity index (χ0n) is 15.2. The lowest BCUT2D eigenvalue weighted by molar-refractivity contribution is 0.0941. The fourth-order valence-electron chi connectivity index (χ4n) is 3.41. The zero-order chi connectivity index (χ0) is 19.0. The highest BCUT2D eigenvalue weighted by atomic mass is 35.5. The molecule has 2 heterocycles. The highest BCUT2D eigenvalue weighted by Crippen LogP contribution is 2.30. The molecule has 1 aliphatic carbocycles. The van der Waals surface area contributed by atoms with E-state index in [0.717, 1.165) is 29.9 Å². The third kappa shape index (κ3) is 3.61. The average molecular weight is 402 g/mol. The van der Waals surface area contributed by atoms with Gasteiger partial charge in [-0.15, -0.1) is 16.4 Å². The lowest BCUT2D eigenvalue weighted by Gasteiger charge is -2.10. The van der Waals surface area contributed by atoms with Crippen LogP contribution in [0.4, 0.5) is 0 Å². The second-order valence-electron chi connectivity index (χ2n) is 6.80. The summed E-state index contributed by atoms with van der Waals surface area (Å²) in [5.41, 5.74) is 3.10. The summed E-state index contributed by atoms with van der Waals surface area (Å²) in [6, 6.07) is 7.73. The van der Waals surface area contributed by atoms with Crippen LogP contribution in [0.15, 0.2) is 24.3 Å². The lowest BCUT2D eigenvalue weighted by Crippen LogP contribution is -2.32. The van der Waals surface area contributed by atoms with Crippen LogP contribution in [0.1, 0.15) is 46.7 Å². The third-order valence-electron chi connectivity index (χ3n) is 4.84. The monoisotopic (exact) mass is 401 g/mol. The average Bonchev–Trinajstić information content (AvgIpc) is 3.35. The molecule has 1 amide bonds. The Morgan fingerprint density at radius 1 is 1.30 bits per heavy atom. The molecule has 0 radical (unpaired) electrons. The maximum atomic E-state index is 12.6. The standard InChI is InChI=1S/C19H20ClN5OS/c1-11-17(18(26)22-14-7-3-4-8-14)27-19(21-11)16-12(2)25(24-23-16)15-9-5-6-13(20)10-15/h5-6,9-10,14H,3-4,7-8H2,1-2H3,(H,22,26). The summed E-state index contributed by atoms with van der Waals surface area (Å²) in [7, 11) is 0. The maximum absolute atomic E-state index is 12.6. The summed E-state index contributed by atoms with van der Waals surface area (Å²) >= 11 is 7.45. The number of aromatic nitrogens is 4. The number of aryl methyl sites for hydroxylation is 1. The highest BCUT2D eigenvalue weighted by Gasteiger charge is 2.23. The number of carbonyl (C=O) groups is 1. The summed E-state index contributed by atoms with van der Waals surface area (Å²) in [5, 5.41) is 13.0. The van der Waals surface area contributed by atoms with Crippen molar-refractivity contribution in [2.45, 2.75) is 45.6 Å². The Hall–Kier alpha value is -2.25. The summed E-state index contributed by atoms with van der Waals surface area (Å²) in [6.07, 6.45) is 4.49. The first-order valence-corrected chi connectivity index (χ1v) is 10.2. The fraction of sp³-hybridized carbons (Fsp3) is 0.368. The van der Waals surface area contributed by atoms with Crippen molar-refractivity contribution in [2.75, 3.05) is 0 Å². The van der Waals surface area contributed by atoms with Crippen molar-refractivity contribution in [3.8, 4) is 16.4 Å². The van der Waals surface area contributed by atoms with Gasteiger partial charge in [-0.3, -0.25) is 4.79 Å². The van der Waals surface area contributed by atoms with Gasteiger partial charge in [-0.1, -0.05) is 35.7 Å². The predicted molar refractivity (Wildman–Crippen MR) is 107 cm³/mol. The minimum Gasteiger partial charge on any atom is -0.349 e. The van der Waals surface area contributed by atoms with Gasteiger partial charge >= 0.3 is 0 Å². The fourth-order valence-corrected chi connectivity index (χ4v) is 4.60. The maximum Gasteiger partial charge on any atom is 0.263 e. The van der Waals surface area contributed by atoms with Crippen LogP contribution < -0.4 is 5.32 Å². The van der Waals surface area contributed by atoms with E-state index in [-0.39, 0.29) is 11.9 Å². The van der Waals surface area contributed by atoms with E-state index in [1.54, 1.807) is 4.68 Å². The zero-order valence-corrected chi connectivity index (χ0v) is 16.8. The molecule has 0 aliphatic heterocycles. The number of nitrogens with one attached hydrogen (secondary N) is 1. The highest BCUT2D eigenvalue weighted by molar-refractivity contribution is 7.17. The largest absolute Gasteiger partial charge is 0.349 e. The summed E-state index contributed by atoms with van der Waals surface area (Å²) < 4.78 is 1.73. The van der Waals surface area contributed by atoms with Crippen LogP contribution in [0, 0.1) is 13.8 Å². The topological polar surface area (TPSA) is 72.7 Å². The van der Waals surface area contributed by atoms with Gasteiger partial charge in [0.2, 0.25) is 0 Å². The number of nitrogens with zero attached hydrogens (tertiary/aromatic N) is 4. The van der Waals surface area contributed by atoms with Crippen molar-refractivity contribution in [2.24, 2.45) is 0 Å². The lowest BCUT2D eigenvalue weighted by atomic mass is 10.2. The molecule has 1 saturated carbocycles. The van der Waals surface area contributed by atoms with E-state index in [1.807, 2.05) is 38.1 Å². The summed E-state index contributed by atoms with van der Waals surface area (Å²) in [5.74, 6) is -0.0389. The van der Waals surface area contributed by atoms with Crippen LogP contribution in [0.3, 0.4) is 0 Å². The molecule has 1 N–H and O–H groups in total. The molecular weight excluding hydrogens is 382 g/mol. The van der Waals surface area contributed by atoms with Gasteiger partial charge < -0.3 is 5.32 Å². The van der Waals surface area contributed by atoms with E-state index in [9.17, 15) is 4.79 Å². The molecular formula is C19H20ClN5OS. The number of hydrogen-bond acceptors (Lipinski definition) is 5. The SMILES string of the molecule is Cc1nc(-c2nnn(-c3cccc(Cl)c3)c2C)sc1C(=O)NC1CCCC1. The third-order valence-corrected chi connectivity index (χ3v) is 6.24. The Balaban J connectivity index is 1.62. The van der Waals surface area contributed by atoms with E-state index < -0.39 is 0 Å². The molecule has 1 aromatic carbocycles. The van der Waals surface area contributed by atoms with Crippen LogP contribution in [-0.2, 0) is 0 Å². The molecule has 0 unspecified atom stereocenters. The van der Waals surface area contributed by atoms with Gasteiger partial charge in [-0.05, 0) is 44.9 Å². The predicted octanol–water partition coefficient (Wildman–Crippen LogP) is 4.33. The molecule has 8 heteroatoms. The Bertz CT molecular complexity index is 990. The van der Waals surface area contributed by atoms with Gasteiger partial charge in [0.15, 0.2) is 0 Å². The molecule has 2 aromatic heterocycles. The number of rotatable bonds is 4. The van der Waals surface area contributed by atoms with Crippen molar-refractivity contribution in [3.05, 3.63) is 45.6 Å². The second-order valence-corrected chi connectivity index (χ2v) is 8.24. The molecule has 6 nitrogen and oxygen atoms in total. The van der Waals surface area contributed by atoms with Crippen LogP contribution in [-0.4, -0.2) is 31.9 Å². The van der Waals surface area contributed by atoms with Crippen molar-refractivity contribution >= 4 is 28.8 Å². The quantitative estimate of drug-likeness (QED) is 0.706. The van der Waals surface area contributed by atoms with Crippen molar-refractivity contribution in [3.63, 3.8) is 0 Å². The molecule has 0 atom stereocenters. The van der Waals surface area contributed by atoms with Gasteiger partial charge in [0.25, 0.3) is 5.91 Å². The van der Waals surface area contributed by atoms with Crippen molar-refractivity contribution in [1.29, 1.82) is 0 Å². The second kappa shape index (κ2) is 7.40. The van der Waals surface area contributed by atoms with Gasteiger partial charge in [-0.2, -0.15) is 0 Å². The Morgan fingerprint density at radius 3 is 2.81 bits per heavy atom. The Labute approximate surface area is 166 Å². The molecule has 3 aromatic rings. The van der Waals surface area contributed by atoms with E-state index >= 15 is 0 Å². The summed E-state index contributed by atoms with van der Waals surface area (Å²) in [6.45, 7) is 3.80. The molecule has 4 rings (SSSR count). The van der Waals surface area contributed by atoms with Crippen LogP contribution in [0.2, 0.25) is 5.02 Å². The van der Waals surface area contributed by atoms with Crippen molar-refractivity contribution < 1.29 is 4.79 Å². The van der Waals surface area contributed by atoms with Gasteiger partial charge in [0.05, 0.1) is 17.1 Å². The summed E-state index contributed by atoms with van der Waals surface area (Å²) in [4.78, 5) is 17.8. The van der Waals surface area contributed by atoms with E-state index in [0.29, 0.717) is 20.6 Å². The van der Waals surface area contributed by atoms with Crippen LogP contribution >= 0.6 is 22.9 Å². The normalized spacial score (nSPS) is 14.6.